The van der Waals surface area contributed by atoms with Crippen molar-refractivity contribution in [1.29, 1.82) is 0 Å². The molecule has 4 aromatic rings. The Bertz CT molecular complexity index is 1200. The summed E-state index contributed by atoms with van der Waals surface area (Å²) in [4.78, 5) is 21.6. The van der Waals surface area contributed by atoms with Gasteiger partial charge in [0.15, 0.2) is 5.82 Å². The number of carbonyl (C=O) groups excluding carboxylic acids is 1. The standard InChI is InChI=1S/C20H14ClFN4O2/c21-15-4-3-14(22)9-17(15)26-10-13(8-18(26)27)19-24-20(28-25-19)12-2-1-11-5-6-23-16(11)7-12/h1-7,9,13,23H,8,10H2. The van der Waals surface area contributed by atoms with Crippen LogP contribution in [0.3, 0.4) is 0 Å². The molecular weight excluding hydrogens is 383 g/mol. The topological polar surface area (TPSA) is 75.0 Å². The van der Waals surface area contributed by atoms with Crippen LogP contribution in [0, 0.1) is 5.82 Å². The maximum absolute atomic E-state index is 13.6. The number of rotatable bonds is 3. The third-order valence-electron chi connectivity index (χ3n) is 4.93. The van der Waals surface area contributed by atoms with E-state index in [0.717, 1.165) is 16.5 Å². The summed E-state index contributed by atoms with van der Waals surface area (Å²) < 4.78 is 19.0. The quantitative estimate of drug-likeness (QED) is 0.552. The van der Waals surface area contributed by atoms with Gasteiger partial charge in [0.25, 0.3) is 5.89 Å². The number of amides is 1. The zero-order valence-corrected chi connectivity index (χ0v) is 15.3. The summed E-state index contributed by atoms with van der Waals surface area (Å²) in [5, 5.41) is 5.48. The summed E-state index contributed by atoms with van der Waals surface area (Å²) in [6.45, 7) is 0.316. The number of fused-ring (bicyclic) bond motifs is 1. The SMILES string of the molecule is O=C1CC(c2noc(-c3ccc4cc[nH]c4c3)n2)CN1c1cc(F)ccc1Cl. The number of hydrogen-bond acceptors (Lipinski definition) is 4. The van der Waals surface area contributed by atoms with Crippen LogP contribution in [0.4, 0.5) is 10.1 Å². The van der Waals surface area contributed by atoms with Crippen LogP contribution in [0.5, 0.6) is 0 Å². The predicted octanol–water partition coefficient (Wildman–Crippen LogP) is 4.53. The summed E-state index contributed by atoms with van der Waals surface area (Å²) in [5.74, 6) is -0.0152. The predicted molar refractivity (Wildman–Crippen MR) is 103 cm³/mol. The number of aromatic amines is 1. The van der Waals surface area contributed by atoms with Crippen molar-refractivity contribution in [3.8, 4) is 11.5 Å². The molecule has 8 heteroatoms. The van der Waals surface area contributed by atoms with Gasteiger partial charge in [-0.2, -0.15) is 4.98 Å². The zero-order valence-electron chi connectivity index (χ0n) is 14.5. The van der Waals surface area contributed by atoms with Gasteiger partial charge >= 0.3 is 0 Å². The lowest BCUT2D eigenvalue weighted by atomic mass is 10.1. The number of anilines is 1. The van der Waals surface area contributed by atoms with Crippen molar-refractivity contribution >= 4 is 34.1 Å². The van der Waals surface area contributed by atoms with Crippen molar-refractivity contribution in [1.82, 2.24) is 15.1 Å². The number of nitrogens with one attached hydrogen (secondary N) is 1. The van der Waals surface area contributed by atoms with E-state index >= 15 is 0 Å². The Morgan fingerprint density at radius 3 is 3.00 bits per heavy atom. The van der Waals surface area contributed by atoms with E-state index in [-0.39, 0.29) is 18.2 Å². The van der Waals surface area contributed by atoms with Crippen molar-refractivity contribution < 1.29 is 13.7 Å². The van der Waals surface area contributed by atoms with Crippen molar-refractivity contribution in [2.75, 3.05) is 11.4 Å². The summed E-state index contributed by atoms with van der Waals surface area (Å²) in [7, 11) is 0. The van der Waals surface area contributed by atoms with Crippen LogP contribution in [0.1, 0.15) is 18.2 Å². The molecule has 0 bridgehead atoms. The van der Waals surface area contributed by atoms with Gasteiger partial charge in [-0.15, -0.1) is 0 Å². The zero-order chi connectivity index (χ0) is 19.3. The third-order valence-corrected chi connectivity index (χ3v) is 5.25. The van der Waals surface area contributed by atoms with Crippen molar-refractivity contribution in [2.24, 2.45) is 0 Å². The van der Waals surface area contributed by atoms with Gasteiger partial charge in [0.1, 0.15) is 5.82 Å². The number of benzene rings is 2. The van der Waals surface area contributed by atoms with Crippen molar-refractivity contribution in [2.45, 2.75) is 12.3 Å². The van der Waals surface area contributed by atoms with Gasteiger partial charge < -0.3 is 14.4 Å². The smallest absolute Gasteiger partial charge is 0.258 e. The van der Waals surface area contributed by atoms with Crippen LogP contribution in [-0.4, -0.2) is 27.6 Å². The average Bonchev–Trinajstić information content (AvgIpc) is 3.42. The highest BCUT2D eigenvalue weighted by Crippen LogP contribution is 2.35. The lowest BCUT2D eigenvalue weighted by molar-refractivity contribution is -0.117. The number of aromatic nitrogens is 3. The van der Waals surface area contributed by atoms with E-state index in [1.165, 1.54) is 23.1 Å². The van der Waals surface area contributed by atoms with E-state index in [1.807, 2.05) is 30.5 Å². The van der Waals surface area contributed by atoms with E-state index in [2.05, 4.69) is 15.1 Å². The molecule has 2 aromatic heterocycles. The lowest BCUT2D eigenvalue weighted by Gasteiger charge is -2.17. The highest BCUT2D eigenvalue weighted by atomic mass is 35.5. The van der Waals surface area contributed by atoms with Gasteiger partial charge in [-0.05, 0) is 41.8 Å². The molecule has 2 aromatic carbocycles. The van der Waals surface area contributed by atoms with E-state index in [4.69, 9.17) is 16.1 Å². The van der Waals surface area contributed by atoms with Gasteiger partial charge in [0.2, 0.25) is 5.91 Å². The number of hydrogen-bond donors (Lipinski definition) is 1. The Morgan fingerprint density at radius 2 is 2.11 bits per heavy atom. The Morgan fingerprint density at radius 1 is 1.21 bits per heavy atom. The highest BCUT2D eigenvalue weighted by molar-refractivity contribution is 6.33. The minimum atomic E-state index is -0.447. The van der Waals surface area contributed by atoms with Crippen LogP contribution in [-0.2, 0) is 4.79 Å². The Labute approximate surface area is 163 Å². The molecule has 3 heterocycles. The van der Waals surface area contributed by atoms with E-state index in [1.54, 1.807) is 0 Å². The van der Waals surface area contributed by atoms with Crippen LogP contribution < -0.4 is 4.90 Å². The average molecular weight is 397 g/mol. The third kappa shape index (κ3) is 2.84. The lowest BCUT2D eigenvalue weighted by Crippen LogP contribution is -2.24. The Balaban J connectivity index is 1.41. The van der Waals surface area contributed by atoms with Crippen molar-refractivity contribution in [3.63, 3.8) is 0 Å². The molecular formula is C20H14ClFN4O2. The largest absolute Gasteiger partial charge is 0.361 e. The molecule has 6 nitrogen and oxygen atoms in total. The first kappa shape index (κ1) is 16.9. The minimum Gasteiger partial charge on any atom is -0.361 e. The van der Waals surface area contributed by atoms with Gasteiger partial charge in [0, 0.05) is 36.2 Å². The number of carbonyl (C=O) groups is 1. The minimum absolute atomic E-state index is 0.156. The summed E-state index contributed by atoms with van der Waals surface area (Å²) in [6.07, 6.45) is 2.07. The van der Waals surface area contributed by atoms with Gasteiger partial charge in [0.05, 0.1) is 10.7 Å². The number of nitrogens with zero attached hydrogens (tertiary/aromatic N) is 3. The molecule has 28 heavy (non-hydrogen) atoms. The maximum atomic E-state index is 13.6. The van der Waals surface area contributed by atoms with Crippen LogP contribution in [0.15, 0.2) is 53.2 Å². The molecule has 1 amide bonds. The van der Waals surface area contributed by atoms with Gasteiger partial charge in [-0.1, -0.05) is 22.8 Å². The molecule has 1 fully saturated rings. The van der Waals surface area contributed by atoms with E-state index in [0.29, 0.717) is 29.0 Å². The monoisotopic (exact) mass is 396 g/mol. The first-order chi connectivity index (χ1) is 13.6. The molecule has 1 atom stereocenters. The van der Waals surface area contributed by atoms with Crippen LogP contribution >= 0.6 is 11.6 Å². The highest BCUT2D eigenvalue weighted by Gasteiger charge is 2.35. The molecule has 0 saturated carbocycles. The van der Waals surface area contributed by atoms with E-state index < -0.39 is 5.82 Å². The van der Waals surface area contributed by atoms with Gasteiger partial charge in [-0.25, -0.2) is 4.39 Å². The summed E-state index contributed by atoms with van der Waals surface area (Å²) in [6, 6.07) is 11.8. The summed E-state index contributed by atoms with van der Waals surface area (Å²) >= 11 is 6.14. The molecule has 140 valence electrons. The maximum Gasteiger partial charge on any atom is 0.258 e. The Hall–Kier alpha value is -3.19. The molecule has 1 aliphatic rings. The molecule has 0 spiro atoms. The normalized spacial score (nSPS) is 17.0. The first-order valence-electron chi connectivity index (χ1n) is 8.75. The van der Waals surface area contributed by atoms with Crippen LogP contribution in [0.2, 0.25) is 5.02 Å². The summed E-state index contributed by atoms with van der Waals surface area (Å²) in [5.41, 5.74) is 2.12. The molecule has 1 saturated heterocycles. The molecule has 1 N–H and O–H groups in total. The fourth-order valence-corrected chi connectivity index (χ4v) is 3.72. The molecule has 5 rings (SSSR count). The molecule has 0 radical (unpaired) electrons. The second-order valence-corrected chi connectivity index (χ2v) is 7.15. The first-order valence-corrected chi connectivity index (χ1v) is 9.13. The molecule has 0 aliphatic carbocycles. The number of halogens is 2. The fraction of sp³-hybridized carbons (Fsp3) is 0.150. The second kappa shape index (κ2) is 6.45. The van der Waals surface area contributed by atoms with E-state index in [9.17, 15) is 9.18 Å². The second-order valence-electron chi connectivity index (χ2n) is 6.74. The molecule has 1 unspecified atom stereocenters. The fourth-order valence-electron chi connectivity index (χ4n) is 3.50. The number of H-pyrrole nitrogens is 1. The van der Waals surface area contributed by atoms with Gasteiger partial charge in [-0.3, -0.25) is 4.79 Å². The molecule has 1 aliphatic heterocycles. The Kier molecular flexibility index (Phi) is 3.91. The van der Waals surface area contributed by atoms with Crippen LogP contribution in [0.25, 0.3) is 22.4 Å². The van der Waals surface area contributed by atoms with Crippen molar-refractivity contribution in [3.05, 3.63) is 65.3 Å².